The van der Waals surface area contributed by atoms with Crippen LogP contribution in [0, 0.1) is 12.4 Å². The minimum Gasteiger partial charge on any atom is -0.383 e. The summed E-state index contributed by atoms with van der Waals surface area (Å²) < 4.78 is 14.6. The summed E-state index contributed by atoms with van der Waals surface area (Å²) in [6, 6.07) is 23.2. The van der Waals surface area contributed by atoms with Crippen LogP contribution in [-0.4, -0.2) is 26.9 Å². The van der Waals surface area contributed by atoms with E-state index in [1.54, 1.807) is 18.2 Å². The van der Waals surface area contributed by atoms with E-state index < -0.39 is 0 Å². The standard InChI is InChI=1S/C23H26N4.C7H7FN.Na/c1-18(15-21-17-25-23-12-6-7-13-27(21)23)26-14-8-11-22(26)19(2)24-16-20-9-4-3-5-10-20;8-7-4-2-1-3-6(7)5-9;/h3-7,9-10,12-13,17,22,24H,1-2,8,11,14-16H2;1-5H,9H2;/q;-1;+1. The monoisotopic (exact) mass is 505 g/mol. The quantitative estimate of drug-likeness (QED) is 0.285. The molecule has 1 aliphatic heterocycles. The van der Waals surface area contributed by atoms with E-state index in [4.69, 9.17) is 5.73 Å². The summed E-state index contributed by atoms with van der Waals surface area (Å²) >= 11 is 0. The second-order valence-corrected chi connectivity index (χ2v) is 8.83. The summed E-state index contributed by atoms with van der Waals surface area (Å²) in [4.78, 5) is 6.89. The summed E-state index contributed by atoms with van der Waals surface area (Å²) in [5, 5.41) is 3.52. The first-order valence-corrected chi connectivity index (χ1v) is 12.2. The van der Waals surface area contributed by atoms with E-state index in [9.17, 15) is 4.39 Å². The summed E-state index contributed by atoms with van der Waals surface area (Å²) in [6.45, 7) is 11.8. The average molecular weight is 506 g/mol. The number of allylic oxidation sites excluding steroid dienone is 1. The van der Waals surface area contributed by atoms with Gasteiger partial charge in [0.05, 0.1) is 6.04 Å². The molecule has 1 fully saturated rings. The fraction of sp³-hybridized carbons (Fsp3) is 0.200. The van der Waals surface area contributed by atoms with Crippen LogP contribution in [0.5, 0.6) is 0 Å². The molecule has 0 spiro atoms. The van der Waals surface area contributed by atoms with Gasteiger partial charge in [-0.1, -0.05) is 61.7 Å². The largest absolute Gasteiger partial charge is 1.00 e. The number of fused-ring (bicyclic) bond motifs is 1. The Kier molecular flexibility index (Phi) is 10.8. The molecule has 0 amide bonds. The van der Waals surface area contributed by atoms with E-state index in [0.29, 0.717) is 11.6 Å². The zero-order valence-electron chi connectivity index (χ0n) is 21.5. The van der Waals surface area contributed by atoms with Crippen LogP contribution >= 0.6 is 0 Å². The van der Waals surface area contributed by atoms with Crippen LogP contribution in [0.2, 0.25) is 0 Å². The topological polar surface area (TPSA) is 58.6 Å². The van der Waals surface area contributed by atoms with Crippen molar-refractivity contribution < 1.29 is 33.9 Å². The molecule has 2 aromatic heterocycles. The van der Waals surface area contributed by atoms with Crippen molar-refractivity contribution in [3.63, 3.8) is 0 Å². The minimum absolute atomic E-state index is 0. The van der Waals surface area contributed by atoms with E-state index in [1.165, 1.54) is 30.3 Å². The number of rotatable bonds is 8. The third kappa shape index (κ3) is 7.49. The summed E-state index contributed by atoms with van der Waals surface area (Å²) in [7, 11) is 0. The molecule has 1 atom stereocenters. The van der Waals surface area contributed by atoms with Crippen molar-refractivity contribution in [2.45, 2.75) is 31.8 Å². The van der Waals surface area contributed by atoms with Crippen molar-refractivity contribution in [1.29, 1.82) is 0 Å². The first-order valence-electron chi connectivity index (χ1n) is 12.2. The molecule has 5 nitrogen and oxygen atoms in total. The van der Waals surface area contributed by atoms with Gasteiger partial charge in [-0.05, 0) is 30.5 Å². The van der Waals surface area contributed by atoms with Gasteiger partial charge < -0.3 is 20.4 Å². The van der Waals surface area contributed by atoms with Gasteiger partial charge in [-0.15, -0.1) is 18.2 Å². The normalized spacial score (nSPS) is 14.3. The van der Waals surface area contributed by atoms with E-state index in [1.807, 2.05) is 30.5 Å². The van der Waals surface area contributed by atoms with Gasteiger partial charge >= 0.3 is 29.6 Å². The Bertz CT molecular complexity index is 1300. The van der Waals surface area contributed by atoms with Crippen LogP contribution < -0.4 is 40.6 Å². The summed E-state index contributed by atoms with van der Waals surface area (Å²) in [6.07, 6.45) is 7.10. The zero-order chi connectivity index (χ0) is 25.3. The number of aromatic nitrogens is 2. The smallest absolute Gasteiger partial charge is 0.383 e. The molecule has 1 aliphatic rings. The third-order valence-electron chi connectivity index (χ3n) is 6.39. The predicted molar refractivity (Wildman–Crippen MR) is 144 cm³/mol. The summed E-state index contributed by atoms with van der Waals surface area (Å²) in [5.41, 5.74) is 11.2. The fourth-order valence-electron chi connectivity index (χ4n) is 4.47. The number of hydrogen-bond donors (Lipinski definition) is 2. The first kappa shape index (κ1) is 28.5. The Morgan fingerprint density at radius 3 is 2.51 bits per heavy atom. The van der Waals surface area contributed by atoms with E-state index >= 15 is 0 Å². The number of halogens is 1. The maximum absolute atomic E-state index is 12.5. The number of nitrogens with zero attached hydrogens (tertiary/aromatic N) is 3. The maximum atomic E-state index is 12.5. The number of nitrogens with one attached hydrogen (secondary N) is 1. The Morgan fingerprint density at radius 1 is 1.05 bits per heavy atom. The molecule has 3 heterocycles. The van der Waals surface area contributed by atoms with Gasteiger partial charge in [0, 0.05) is 54.8 Å². The van der Waals surface area contributed by atoms with Gasteiger partial charge in [0.2, 0.25) is 0 Å². The zero-order valence-corrected chi connectivity index (χ0v) is 23.5. The number of pyridine rings is 1. The van der Waals surface area contributed by atoms with E-state index in [2.05, 4.69) is 63.2 Å². The average Bonchev–Trinajstić information content (AvgIpc) is 3.57. The van der Waals surface area contributed by atoms with Gasteiger partial charge in [0.25, 0.3) is 0 Å². The molecular weight excluding hydrogens is 472 g/mol. The van der Waals surface area contributed by atoms with Gasteiger partial charge in [-0.25, -0.2) is 4.98 Å². The van der Waals surface area contributed by atoms with Crippen LogP contribution in [0.4, 0.5) is 4.39 Å². The second kappa shape index (κ2) is 14.1. The van der Waals surface area contributed by atoms with Crippen LogP contribution in [0.15, 0.2) is 110 Å². The maximum Gasteiger partial charge on any atom is 1.00 e. The van der Waals surface area contributed by atoms with Crippen LogP contribution in [0.3, 0.4) is 0 Å². The molecule has 0 bridgehead atoms. The van der Waals surface area contributed by atoms with Crippen molar-refractivity contribution in [3.8, 4) is 0 Å². The number of imidazole rings is 1. The van der Waals surface area contributed by atoms with Crippen LogP contribution in [0.25, 0.3) is 5.65 Å². The Labute approximate surface area is 241 Å². The fourth-order valence-corrected chi connectivity index (χ4v) is 4.47. The predicted octanol–water partition coefficient (Wildman–Crippen LogP) is 2.46. The summed E-state index contributed by atoms with van der Waals surface area (Å²) in [5.74, 6) is -0.278. The molecular formula is C30H33FN5Na. The molecule has 3 N–H and O–H groups in total. The molecule has 2 aromatic carbocycles. The van der Waals surface area contributed by atoms with Crippen LogP contribution in [0.1, 0.15) is 29.7 Å². The molecule has 37 heavy (non-hydrogen) atoms. The second-order valence-electron chi connectivity index (χ2n) is 8.83. The Hall–Kier alpha value is -3.03. The molecule has 1 unspecified atom stereocenters. The van der Waals surface area contributed by atoms with Crippen molar-refractivity contribution in [2.24, 2.45) is 5.73 Å². The van der Waals surface area contributed by atoms with E-state index in [0.717, 1.165) is 43.0 Å². The number of nitrogens with two attached hydrogens (primary N) is 1. The third-order valence-corrected chi connectivity index (χ3v) is 6.39. The van der Waals surface area contributed by atoms with Gasteiger partial charge in [-0.2, -0.15) is 6.07 Å². The molecule has 0 aliphatic carbocycles. The van der Waals surface area contributed by atoms with Crippen LogP contribution in [-0.2, 0) is 13.0 Å². The number of benzene rings is 2. The Balaban J connectivity index is 0.000000324. The van der Waals surface area contributed by atoms with Crippen molar-refractivity contribution in [3.05, 3.63) is 139 Å². The molecule has 186 valence electrons. The van der Waals surface area contributed by atoms with Gasteiger partial charge in [0.1, 0.15) is 5.65 Å². The van der Waals surface area contributed by atoms with Crippen molar-refractivity contribution in [1.82, 2.24) is 19.6 Å². The molecule has 5 rings (SSSR count). The molecule has 0 radical (unpaired) electrons. The molecule has 0 saturated carbocycles. The van der Waals surface area contributed by atoms with Gasteiger partial charge in [0.15, 0.2) is 0 Å². The Morgan fingerprint density at radius 2 is 1.78 bits per heavy atom. The van der Waals surface area contributed by atoms with Crippen molar-refractivity contribution in [2.75, 3.05) is 6.54 Å². The SMILES string of the molecule is C=C(NCc1ccccc1)C1CCCN1C(=C)Cc1cnc2ccccn12.N[CH-]c1ccccc1F.[Na+]. The molecule has 4 aromatic rings. The number of likely N-dealkylation sites (tertiary alicyclic amines) is 1. The first-order chi connectivity index (χ1) is 17.6. The number of hydrogen-bond acceptors (Lipinski definition) is 4. The van der Waals surface area contributed by atoms with Gasteiger partial charge in [-0.3, -0.25) is 4.39 Å². The van der Waals surface area contributed by atoms with Crippen molar-refractivity contribution >= 4 is 5.65 Å². The molecule has 1 saturated heterocycles. The molecule has 7 heteroatoms. The van der Waals surface area contributed by atoms with E-state index in [-0.39, 0.29) is 35.4 Å². The minimum atomic E-state index is -0.278.